The third-order valence-corrected chi connectivity index (χ3v) is 4.52. The van der Waals surface area contributed by atoms with Gasteiger partial charge in [-0.2, -0.15) is 0 Å². The maximum absolute atomic E-state index is 12.9. The van der Waals surface area contributed by atoms with Crippen LogP contribution in [0.25, 0.3) is 0 Å². The van der Waals surface area contributed by atoms with Crippen LogP contribution < -0.4 is 5.32 Å². The van der Waals surface area contributed by atoms with Gasteiger partial charge in [0.15, 0.2) is 0 Å². The van der Waals surface area contributed by atoms with Crippen LogP contribution in [0.5, 0.6) is 0 Å². The molecule has 2 heterocycles. The molecule has 0 radical (unpaired) electrons. The Morgan fingerprint density at radius 2 is 1.68 bits per heavy atom. The quantitative estimate of drug-likeness (QED) is 0.798. The molecule has 25 heavy (non-hydrogen) atoms. The van der Waals surface area contributed by atoms with E-state index in [1.165, 1.54) is 0 Å². The Hall–Kier alpha value is -3.08. The van der Waals surface area contributed by atoms with Gasteiger partial charge in [-0.05, 0) is 11.1 Å². The number of urea groups is 1. The Morgan fingerprint density at radius 1 is 1.04 bits per heavy atom. The summed E-state index contributed by atoms with van der Waals surface area (Å²) >= 11 is 0. The van der Waals surface area contributed by atoms with Crippen LogP contribution in [0.1, 0.15) is 28.5 Å². The lowest BCUT2D eigenvalue weighted by molar-refractivity contribution is 0.186. The van der Waals surface area contributed by atoms with Crippen LogP contribution in [-0.2, 0) is 13.0 Å². The minimum absolute atomic E-state index is 0.0791. The summed E-state index contributed by atoms with van der Waals surface area (Å²) in [5.41, 5.74) is 3.10. The van der Waals surface area contributed by atoms with Gasteiger partial charge in [0, 0.05) is 18.5 Å². The fourth-order valence-electron chi connectivity index (χ4n) is 3.18. The van der Waals surface area contributed by atoms with Crippen molar-refractivity contribution in [2.45, 2.75) is 19.0 Å². The van der Waals surface area contributed by atoms with E-state index < -0.39 is 0 Å². The number of amides is 2. The average molecular weight is 333 g/mol. The summed E-state index contributed by atoms with van der Waals surface area (Å²) < 4.78 is 5.20. The number of benzene rings is 2. The zero-order valence-corrected chi connectivity index (χ0v) is 13.8. The minimum atomic E-state index is -0.182. The van der Waals surface area contributed by atoms with Gasteiger partial charge >= 0.3 is 6.03 Å². The molecule has 5 nitrogen and oxygen atoms in total. The largest absolute Gasteiger partial charge is 0.361 e. The van der Waals surface area contributed by atoms with E-state index in [1.807, 2.05) is 60.7 Å². The Labute approximate surface area is 146 Å². The molecule has 0 unspecified atom stereocenters. The molecule has 0 spiro atoms. The van der Waals surface area contributed by atoms with Gasteiger partial charge < -0.3 is 14.7 Å². The van der Waals surface area contributed by atoms with E-state index in [1.54, 1.807) is 11.1 Å². The maximum Gasteiger partial charge on any atom is 0.318 e. The second-order valence-corrected chi connectivity index (χ2v) is 6.15. The van der Waals surface area contributed by atoms with E-state index in [0.29, 0.717) is 19.5 Å². The van der Waals surface area contributed by atoms with Crippen molar-refractivity contribution >= 4 is 6.03 Å². The predicted molar refractivity (Wildman–Crippen MR) is 93.9 cm³/mol. The molecule has 1 aromatic heterocycles. The van der Waals surface area contributed by atoms with Gasteiger partial charge in [0.25, 0.3) is 0 Å². The highest BCUT2D eigenvalue weighted by Gasteiger charge is 2.26. The molecule has 2 aromatic carbocycles. The highest BCUT2D eigenvalue weighted by molar-refractivity contribution is 5.75. The van der Waals surface area contributed by atoms with E-state index in [4.69, 9.17) is 4.52 Å². The molecular formula is C20H19N3O2. The molecule has 3 aromatic rings. The topological polar surface area (TPSA) is 58.4 Å². The average Bonchev–Trinajstić information content (AvgIpc) is 3.15. The lowest BCUT2D eigenvalue weighted by Crippen LogP contribution is -2.44. The van der Waals surface area contributed by atoms with Crippen molar-refractivity contribution < 1.29 is 9.32 Å². The van der Waals surface area contributed by atoms with Gasteiger partial charge in [-0.1, -0.05) is 65.8 Å². The van der Waals surface area contributed by atoms with Crippen molar-refractivity contribution in [3.05, 3.63) is 89.3 Å². The minimum Gasteiger partial charge on any atom is -0.361 e. The fourth-order valence-corrected chi connectivity index (χ4v) is 3.18. The molecule has 0 bridgehead atoms. The first kappa shape index (κ1) is 15.4. The lowest BCUT2D eigenvalue weighted by atomic mass is 9.99. The Balaban J connectivity index is 1.56. The van der Waals surface area contributed by atoms with Crippen molar-refractivity contribution in [2.24, 2.45) is 0 Å². The van der Waals surface area contributed by atoms with Gasteiger partial charge in [0.1, 0.15) is 5.76 Å². The third-order valence-electron chi connectivity index (χ3n) is 4.52. The summed E-state index contributed by atoms with van der Waals surface area (Å²) in [4.78, 5) is 14.7. The summed E-state index contributed by atoms with van der Waals surface area (Å²) in [5.74, 6) is 0.881. The van der Waals surface area contributed by atoms with Crippen LogP contribution in [0.3, 0.4) is 0 Å². The molecule has 1 aliphatic heterocycles. The number of hydrogen-bond acceptors (Lipinski definition) is 3. The molecule has 5 heteroatoms. The number of fused-ring (bicyclic) bond motifs is 1. The first-order valence-corrected chi connectivity index (χ1v) is 8.39. The van der Waals surface area contributed by atoms with Gasteiger partial charge in [0.05, 0.1) is 18.8 Å². The number of carbonyl (C=O) groups excluding carboxylic acids is 1. The van der Waals surface area contributed by atoms with Crippen LogP contribution in [0, 0.1) is 0 Å². The SMILES string of the molecule is O=C(NC(c1ccccc1)c1ccccc1)N1CCc2oncc2C1. The van der Waals surface area contributed by atoms with Gasteiger partial charge in [-0.25, -0.2) is 4.79 Å². The molecule has 126 valence electrons. The van der Waals surface area contributed by atoms with Crippen LogP contribution >= 0.6 is 0 Å². The number of nitrogens with one attached hydrogen (secondary N) is 1. The van der Waals surface area contributed by atoms with Crippen molar-refractivity contribution in [1.82, 2.24) is 15.4 Å². The van der Waals surface area contributed by atoms with Crippen LogP contribution in [0.4, 0.5) is 4.79 Å². The Morgan fingerprint density at radius 3 is 2.32 bits per heavy atom. The molecular weight excluding hydrogens is 314 g/mol. The van der Waals surface area contributed by atoms with Gasteiger partial charge in [0.2, 0.25) is 0 Å². The van der Waals surface area contributed by atoms with Crippen molar-refractivity contribution in [2.75, 3.05) is 6.54 Å². The van der Waals surface area contributed by atoms with Gasteiger partial charge in [-0.15, -0.1) is 0 Å². The van der Waals surface area contributed by atoms with E-state index in [9.17, 15) is 4.79 Å². The molecule has 1 N–H and O–H groups in total. The fraction of sp³-hybridized carbons (Fsp3) is 0.200. The summed E-state index contributed by atoms with van der Waals surface area (Å²) in [6.07, 6.45) is 2.39. The zero-order valence-electron chi connectivity index (χ0n) is 13.8. The molecule has 2 amide bonds. The first-order chi connectivity index (χ1) is 12.3. The first-order valence-electron chi connectivity index (χ1n) is 8.39. The highest BCUT2D eigenvalue weighted by atomic mass is 16.5. The van der Waals surface area contributed by atoms with Gasteiger partial charge in [-0.3, -0.25) is 0 Å². The summed E-state index contributed by atoms with van der Waals surface area (Å²) in [6, 6.07) is 19.8. The third kappa shape index (κ3) is 3.26. The molecule has 0 atom stereocenters. The second kappa shape index (κ2) is 6.81. The summed E-state index contributed by atoms with van der Waals surface area (Å²) in [5, 5.41) is 7.00. The number of rotatable bonds is 3. The van der Waals surface area contributed by atoms with Crippen LogP contribution in [0.2, 0.25) is 0 Å². The molecule has 0 fully saturated rings. The summed E-state index contributed by atoms with van der Waals surface area (Å²) in [6.45, 7) is 1.16. The van der Waals surface area contributed by atoms with Crippen LogP contribution in [-0.4, -0.2) is 22.6 Å². The lowest BCUT2D eigenvalue weighted by Gasteiger charge is -2.29. The van der Waals surface area contributed by atoms with Crippen LogP contribution in [0.15, 0.2) is 71.4 Å². The Bertz CT molecular complexity index is 806. The van der Waals surface area contributed by atoms with E-state index in [-0.39, 0.29) is 12.1 Å². The van der Waals surface area contributed by atoms with E-state index in [2.05, 4.69) is 10.5 Å². The second-order valence-electron chi connectivity index (χ2n) is 6.15. The van der Waals surface area contributed by atoms with Crippen molar-refractivity contribution in [1.29, 1.82) is 0 Å². The van der Waals surface area contributed by atoms with Crippen molar-refractivity contribution in [3.8, 4) is 0 Å². The molecule has 0 aliphatic carbocycles. The maximum atomic E-state index is 12.9. The molecule has 1 aliphatic rings. The highest BCUT2D eigenvalue weighted by Crippen LogP contribution is 2.23. The molecule has 0 saturated carbocycles. The normalized spacial score (nSPS) is 13.6. The number of nitrogens with zero attached hydrogens (tertiary/aromatic N) is 2. The van der Waals surface area contributed by atoms with Crippen molar-refractivity contribution in [3.63, 3.8) is 0 Å². The number of carbonyl (C=O) groups is 1. The number of aromatic nitrogens is 1. The summed E-state index contributed by atoms with van der Waals surface area (Å²) in [7, 11) is 0. The molecule has 4 rings (SSSR count). The smallest absolute Gasteiger partial charge is 0.318 e. The predicted octanol–water partition coefficient (Wildman–Crippen LogP) is 3.53. The number of hydrogen-bond donors (Lipinski definition) is 1. The van der Waals surface area contributed by atoms with E-state index in [0.717, 1.165) is 22.5 Å². The zero-order chi connectivity index (χ0) is 17.1. The molecule has 0 saturated heterocycles. The standard InChI is InChI=1S/C20H19N3O2/c24-20(23-12-11-18-17(14-23)13-21-25-18)22-19(15-7-3-1-4-8-15)16-9-5-2-6-10-16/h1-10,13,19H,11-12,14H2,(H,22,24). The Kier molecular flexibility index (Phi) is 4.21. The monoisotopic (exact) mass is 333 g/mol. The van der Waals surface area contributed by atoms with E-state index >= 15 is 0 Å².